The molecule has 2 heterocycles. The van der Waals surface area contributed by atoms with Crippen molar-refractivity contribution in [2.75, 3.05) is 13.7 Å². The summed E-state index contributed by atoms with van der Waals surface area (Å²) in [6.07, 6.45) is 1.52. The molecule has 1 aromatic heterocycles. The molecule has 2 N–H and O–H groups in total. The minimum absolute atomic E-state index is 0.0226. The van der Waals surface area contributed by atoms with Crippen LogP contribution < -0.4 is 4.74 Å². The molecular weight excluding hydrogens is 310 g/mol. The number of carbonyl (C=O) groups is 2. The van der Waals surface area contributed by atoms with Gasteiger partial charge in [0.05, 0.1) is 19.2 Å². The molecule has 0 radical (unpaired) electrons. The van der Waals surface area contributed by atoms with Crippen molar-refractivity contribution >= 4 is 11.9 Å². The summed E-state index contributed by atoms with van der Waals surface area (Å²) in [7, 11) is 1.60. The average Bonchev–Trinajstić information content (AvgIpc) is 3.23. The average molecular weight is 329 g/mol. The van der Waals surface area contributed by atoms with E-state index in [9.17, 15) is 9.59 Å². The van der Waals surface area contributed by atoms with Crippen LogP contribution in [0, 0.1) is 0 Å². The minimum Gasteiger partial charge on any atom is -0.497 e. The number of nitrogens with zero attached hydrogens (tertiary/aromatic N) is 2. The van der Waals surface area contributed by atoms with Gasteiger partial charge in [0, 0.05) is 18.2 Å². The van der Waals surface area contributed by atoms with Gasteiger partial charge in [0.15, 0.2) is 0 Å². The Morgan fingerprint density at radius 1 is 1.38 bits per heavy atom. The molecule has 7 heteroatoms. The van der Waals surface area contributed by atoms with Crippen LogP contribution in [-0.4, -0.2) is 51.8 Å². The molecule has 0 aliphatic carbocycles. The van der Waals surface area contributed by atoms with Gasteiger partial charge in [0.2, 0.25) is 0 Å². The van der Waals surface area contributed by atoms with Crippen molar-refractivity contribution in [2.24, 2.45) is 0 Å². The summed E-state index contributed by atoms with van der Waals surface area (Å²) in [4.78, 5) is 25.2. The Balaban J connectivity index is 1.76. The first-order chi connectivity index (χ1) is 11.6. The predicted octanol–water partition coefficient (Wildman–Crippen LogP) is 2.16. The highest BCUT2D eigenvalue weighted by Crippen LogP contribution is 2.25. The van der Waals surface area contributed by atoms with E-state index in [-0.39, 0.29) is 18.4 Å². The zero-order chi connectivity index (χ0) is 17.1. The molecule has 2 aromatic rings. The summed E-state index contributed by atoms with van der Waals surface area (Å²) in [6.45, 7) is 0.577. The van der Waals surface area contributed by atoms with Gasteiger partial charge in [-0.2, -0.15) is 5.10 Å². The van der Waals surface area contributed by atoms with Gasteiger partial charge in [0.1, 0.15) is 11.4 Å². The van der Waals surface area contributed by atoms with Gasteiger partial charge in [-0.25, -0.2) is 0 Å². The second kappa shape index (κ2) is 6.74. The summed E-state index contributed by atoms with van der Waals surface area (Å²) in [5.41, 5.74) is 1.91. The van der Waals surface area contributed by atoms with Gasteiger partial charge < -0.3 is 14.7 Å². The topological polar surface area (TPSA) is 95.5 Å². The zero-order valence-electron chi connectivity index (χ0n) is 13.4. The number of carboxylic acid groups (broad SMARTS) is 1. The number of methoxy groups -OCH3 is 1. The van der Waals surface area contributed by atoms with Crippen molar-refractivity contribution in [3.63, 3.8) is 0 Å². The van der Waals surface area contributed by atoms with Gasteiger partial charge >= 0.3 is 5.97 Å². The van der Waals surface area contributed by atoms with Crippen LogP contribution in [0.4, 0.5) is 0 Å². The van der Waals surface area contributed by atoms with Gasteiger partial charge in [0.25, 0.3) is 5.91 Å². The first kappa shape index (κ1) is 16.0. The summed E-state index contributed by atoms with van der Waals surface area (Å²) in [5, 5.41) is 15.9. The van der Waals surface area contributed by atoms with Gasteiger partial charge in [-0.15, -0.1) is 0 Å². The first-order valence-corrected chi connectivity index (χ1v) is 7.81. The fraction of sp³-hybridized carbons (Fsp3) is 0.353. The van der Waals surface area contributed by atoms with Gasteiger partial charge in [-0.05, 0) is 43.2 Å². The van der Waals surface area contributed by atoms with E-state index in [1.54, 1.807) is 18.1 Å². The Morgan fingerprint density at radius 2 is 2.12 bits per heavy atom. The lowest BCUT2D eigenvalue weighted by atomic mass is 10.1. The third-order valence-corrected chi connectivity index (χ3v) is 4.24. The molecule has 1 amide bonds. The maximum atomic E-state index is 12.6. The lowest BCUT2D eigenvalue weighted by Gasteiger charge is -2.22. The number of hydrogen-bond donors (Lipinski definition) is 2. The molecule has 0 bridgehead atoms. The van der Waals surface area contributed by atoms with E-state index in [0.29, 0.717) is 17.9 Å². The van der Waals surface area contributed by atoms with Crippen molar-refractivity contribution in [1.82, 2.24) is 15.1 Å². The minimum atomic E-state index is -0.886. The molecule has 1 aliphatic heterocycles. The van der Waals surface area contributed by atoms with E-state index >= 15 is 0 Å². The number of aliphatic carboxylic acids is 1. The van der Waals surface area contributed by atoms with E-state index in [1.807, 2.05) is 24.3 Å². The van der Waals surface area contributed by atoms with Crippen molar-refractivity contribution in [1.29, 1.82) is 0 Å². The number of H-pyrrole nitrogens is 1. The monoisotopic (exact) mass is 329 g/mol. The quantitative estimate of drug-likeness (QED) is 0.876. The molecule has 126 valence electrons. The summed E-state index contributed by atoms with van der Waals surface area (Å²) < 4.78 is 5.12. The molecule has 1 aliphatic rings. The zero-order valence-corrected chi connectivity index (χ0v) is 13.4. The summed E-state index contributed by atoms with van der Waals surface area (Å²) in [5.74, 6) is -0.339. The van der Waals surface area contributed by atoms with Crippen molar-refractivity contribution in [3.05, 3.63) is 36.0 Å². The van der Waals surface area contributed by atoms with Crippen LogP contribution in [0.2, 0.25) is 0 Å². The highest BCUT2D eigenvalue weighted by atomic mass is 16.5. The third kappa shape index (κ3) is 3.24. The molecule has 1 unspecified atom stereocenters. The molecule has 3 rings (SSSR count). The number of nitrogens with one attached hydrogen (secondary N) is 1. The Hall–Kier alpha value is -2.83. The van der Waals surface area contributed by atoms with Crippen LogP contribution in [0.5, 0.6) is 5.75 Å². The predicted molar refractivity (Wildman–Crippen MR) is 86.9 cm³/mol. The van der Waals surface area contributed by atoms with Crippen LogP contribution in [0.1, 0.15) is 29.8 Å². The maximum absolute atomic E-state index is 12.6. The lowest BCUT2D eigenvalue weighted by Crippen LogP contribution is -2.37. The van der Waals surface area contributed by atoms with Crippen LogP contribution >= 0.6 is 0 Å². The number of hydrogen-bond acceptors (Lipinski definition) is 4. The maximum Gasteiger partial charge on any atom is 0.305 e. The van der Waals surface area contributed by atoms with E-state index in [4.69, 9.17) is 9.84 Å². The van der Waals surface area contributed by atoms with Crippen LogP contribution in [-0.2, 0) is 4.79 Å². The largest absolute Gasteiger partial charge is 0.497 e. The molecular formula is C17H19N3O4. The summed E-state index contributed by atoms with van der Waals surface area (Å²) in [6, 6.07) is 8.84. The standard InChI is InChI=1S/C17H19N3O4/c1-24-13-6-4-11(5-7-13)14-10-15(19-18-14)17(23)20-8-2-3-12(20)9-16(21)22/h4-7,10,12H,2-3,8-9H2,1H3,(H,18,19)(H,21,22). The SMILES string of the molecule is COc1ccc(-c2cc(C(=O)N3CCCC3CC(=O)O)[nH]n2)cc1. The normalized spacial score (nSPS) is 17.0. The fourth-order valence-corrected chi connectivity index (χ4v) is 3.01. The molecule has 1 fully saturated rings. The molecule has 24 heavy (non-hydrogen) atoms. The molecule has 1 saturated heterocycles. The van der Waals surface area contributed by atoms with Crippen molar-refractivity contribution < 1.29 is 19.4 Å². The van der Waals surface area contributed by atoms with Crippen molar-refractivity contribution in [2.45, 2.75) is 25.3 Å². The Kier molecular flexibility index (Phi) is 4.50. The Bertz CT molecular complexity index is 739. The number of rotatable bonds is 5. The van der Waals surface area contributed by atoms with Crippen molar-refractivity contribution in [3.8, 4) is 17.0 Å². The molecule has 1 atom stereocenters. The molecule has 1 aromatic carbocycles. The second-order valence-electron chi connectivity index (χ2n) is 5.79. The fourth-order valence-electron chi connectivity index (χ4n) is 3.01. The smallest absolute Gasteiger partial charge is 0.305 e. The van der Waals surface area contributed by atoms with Gasteiger partial charge in [-0.3, -0.25) is 14.7 Å². The molecule has 0 saturated carbocycles. The summed E-state index contributed by atoms with van der Waals surface area (Å²) >= 11 is 0. The number of aromatic amines is 1. The van der Waals surface area contributed by atoms with E-state index in [2.05, 4.69) is 10.2 Å². The number of amides is 1. The number of aromatic nitrogens is 2. The number of carbonyl (C=O) groups excluding carboxylic acids is 1. The van der Waals surface area contributed by atoms with Crippen LogP contribution in [0.3, 0.4) is 0 Å². The highest BCUT2D eigenvalue weighted by molar-refractivity contribution is 5.94. The van der Waals surface area contributed by atoms with E-state index < -0.39 is 5.97 Å². The second-order valence-corrected chi connectivity index (χ2v) is 5.79. The number of likely N-dealkylation sites (tertiary alicyclic amines) is 1. The first-order valence-electron chi connectivity index (χ1n) is 7.81. The highest BCUT2D eigenvalue weighted by Gasteiger charge is 2.31. The molecule has 7 nitrogen and oxygen atoms in total. The van der Waals surface area contributed by atoms with Crippen LogP contribution in [0.25, 0.3) is 11.3 Å². The van der Waals surface area contributed by atoms with E-state index in [0.717, 1.165) is 24.2 Å². The van der Waals surface area contributed by atoms with E-state index in [1.165, 1.54) is 0 Å². The van der Waals surface area contributed by atoms with Crippen LogP contribution in [0.15, 0.2) is 30.3 Å². The number of carboxylic acids is 1. The number of benzene rings is 1. The van der Waals surface area contributed by atoms with Gasteiger partial charge in [-0.1, -0.05) is 0 Å². The Morgan fingerprint density at radius 3 is 2.79 bits per heavy atom. The lowest BCUT2D eigenvalue weighted by molar-refractivity contribution is -0.137. The number of ether oxygens (including phenoxy) is 1. The Labute approximate surface area is 139 Å². The third-order valence-electron chi connectivity index (χ3n) is 4.24. The molecule has 0 spiro atoms.